The molecule has 0 aliphatic carbocycles. The number of esters is 1. The van der Waals surface area contributed by atoms with Crippen LogP contribution in [-0.2, 0) is 28.8 Å². The van der Waals surface area contributed by atoms with Gasteiger partial charge in [-0.05, 0) is 28.7 Å². The van der Waals surface area contributed by atoms with Gasteiger partial charge in [0.05, 0.1) is 13.5 Å². The third-order valence-electron chi connectivity index (χ3n) is 4.38. The average Bonchev–Trinajstić information content (AvgIpc) is 2.67. The molecule has 0 unspecified atom stereocenters. The first-order chi connectivity index (χ1) is 12.7. The number of ether oxygens (including phenoxy) is 1. The highest BCUT2D eigenvalue weighted by Gasteiger charge is 2.14. The summed E-state index contributed by atoms with van der Waals surface area (Å²) >= 11 is 0. The molecule has 0 fully saturated rings. The summed E-state index contributed by atoms with van der Waals surface area (Å²) in [7, 11) is 1.36. The highest BCUT2D eigenvalue weighted by molar-refractivity contribution is 5.74. The Balaban J connectivity index is 1.96. The second kappa shape index (κ2) is 8.34. The van der Waals surface area contributed by atoms with Crippen LogP contribution >= 0.6 is 0 Å². The molecule has 0 bridgehead atoms. The lowest BCUT2D eigenvalue weighted by atomic mass is 9.94. The number of methoxy groups -OCH3 is 1. The number of carbonyl (C=O) groups excluding carboxylic acids is 1. The Bertz CT molecular complexity index is 871. The van der Waals surface area contributed by atoms with Crippen molar-refractivity contribution in [2.75, 3.05) is 7.11 Å². The largest absolute Gasteiger partial charge is 0.507 e. The number of hydrogen-bond donors (Lipinski definition) is 1. The van der Waals surface area contributed by atoms with E-state index in [0.717, 1.165) is 23.1 Å². The van der Waals surface area contributed by atoms with E-state index in [1.54, 1.807) is 0 Å². The topological polar surface area (TPSA) is 46.5 Å². The normalized spacial score (nSPS) is 10.5. The minimum absolute atomic E-state index is 0.0623. The van der Waals surface area contributed by atoms with Crippen LogP contribution in [0.2, 0.25) is 0 Å². The van der Waals surface area contributed by atoms with Crippen molar-refractivity contribution in [3.63, 3.8) is 0 Å². The van der Waals surface area contributed by atoms with Crippen molar-refractivity contribution in [3.05, 3.63) is 101 Å². The van der Waals surface area contributed by atoms with Crippen LogP contribution in [-0.4, -0.2) is 18.2 Å². The van der Waals surface area contributed by atoms with Gasteiger partial charge in [0, 0.05) is 12.0 Å². The zero-order valence-corrected chi connectivity index (χ0v) is 14.8. The van der Waals surface area contributed by atoms with Gasteiger partial charge >= 0.3 is 5.97 Å². The molecule has 0 aromatic heterocycles. The predicted octanol–water partition coefficient (Wildman–Crippen LogP) is 4.29. The number of phenols is 1. The molecule has 0 saturated heterocycles. The van der Waals surface area contributed by atoms with Crippen LogP contribution in [0.3, 0.4) is 0 Å². The first kappa shape index (κ1) is 17.7. The molecule has 0 radical (unpaired) electrons. The zero-order valence-electron chi connectivity index (χ0n) is 14.8. The van der Waals surface area contributed by atoms with Gasteiger partial charge in [-0.2, -0.15) is 0 Å². The third kappa shape index (κ3) is 4.51. The van der Waals surface area contributed by atoms with Gasteiger partial charge in [-0.3, -0.25) is 4.79 Å². The van der Waals surface area contributed by atoms with E-state index in [4.69, 9.17) is 4.74 Å². The van der Waals surface area contributed by atoms with Crippen molar-refractivity contribution in [2.45, 2.75) is 19.3 Å². The molecule has 3 rings (SSSR count). The molecule has 3 aromatic rings. The van der Waals surface area contributed by atoms with Crippen molar-refractivity contribution in [3.8, 4) is 5.75 Å². The lowest BCUT2D eigenvalue weighted by Gasteiger charge is -2.13. The minimum Gasteiger partial charge on any atom is -0.507 e. The van der Waals surface area contributed by atoms with Crippen LogP contribution in [0.1, 0.15) is 27.8 Å². The third-order valence-corrected chi connectivity index (χ3v) is 4.38. The highest BCUT2D eigenvalue weighted by atomic mass is 16.5. The Hall–Kier alpha value is -3.07. The SMILES string of the molecule is COC(=O)Cc1cc(Cc2ccccc2)cc(Cc2ccccc2)c1O. The van der Waals surface area contributed by atoms with Gasteiger partial charge in [0.15, 0.2) is 0 Å². The second-order valence-corrected chi connectivity index (χ2v) is 6.34. The molecule has 1 N–H and O–H groups in total. The van der Waals surface area contributed by atoms with Crippen LogP contribution in [0.15, 0.2) is 72.8 Å². The van der Waals surface area contributed by atoms with E-state index in [0.29, 0.717) is 12.0 Å². The molecule has 0 amide bonds. The average molecular weight is 346 g/mol. The van der Waals surface area contributed by atoms with Crippen LogP contribution in [0.25, 0.3) is 0 Å². The Morgan fingerprint density at radius 3 is 1.92 bits per heavy atom. The summed E-state index contributed by atoms with van der Waals surface area (Å²) in [5.74, 6) is -0.182. The molecule has 0 aliphatic heterocycles. The summed E-state index contributed by atoms with van der Waals surface area (Å²) in [5, 5.41) is 10.7. The van der Waals surface area contributed by atoms with E-state index in [2.05, 4.69) is 12.1 Å². The number of carbonyl (C=O) groups is 1. The summed E-state index contributed by atoms with van der Waals surface area (Å²) in [6.45, 7) is 0. The Morgan fingerprint density at radius 1 is 0.808 bits per heavy atom. The maximum Gasteiger partial charge on any atom is 0.310 e. The maximum absolute atomic E-state index is 11.7. The molecule has 132 valence electrons. The van der Waals surface area contributed by atoms with Gasteiger partial charge in [0.1, 0.15) is 5.75 Å². The monoisotopic (exact) mass is 346 g/mol. The molecule has 3 heteroatoms. The fourth-order valence-corrected chi connectivity index (χ4v) is 3.08. The zero-order chi connectivity index (χ0) is 18.4. The molecule has 0 saturated carbocycles. The van der Waals surface area contributed by atoms with E-state index >= 15 is 0 Å². The molecule has 3 aromatic carbocycles. The van der Waals surface area contributed by atoms with Gasteiger partial charge in [-0.25, -0.2) is 0 Å². The summed E-state index contributed by atoms with van der Waals surface area (Å²) in [5.41, 5.74) is 4.80. The predicted molar refractivity (Wildman–Crippen MR) is 102 cm³/mol. The Morgan fingerprint density at radius 2 is 1.35 bits per heavy atom. The summed E-state index contributed by atoms with van der Waals surface area (Å²) in [4.78, 5) is 11.7. The van der Waals surface area contributed by atoms with E-state index in [1.807, 2.05) is 60.7 Å². The molecular weight excluding hydrogens is 324 g/mol. The van der Waals surface area contributed by atoms with Gasteiger partial charge in [-0.15, -0.1) is 0 Å². The molecule has 3 nitrogen and oxygen atoms in total. The number of aromatic hydroxyl groups is 1. The van der Waals surface area contributed by atoms with Crippen LogP contribution in [0.5, 0.6) is 5.75 Å². The number of phenolic OH excluding ortho intramolecular Hbond substituents is 1. The van der Waals surface area contributed by atoms with Crippen molar-refractivity contribution in [2.24, 2.45) is 0 Å². The second-order valence-electron chi connectivity index (χ2n) is 6.34. The quantitative estimate of drug-likeness (QED) is 0.677. The molecule has 0 heterocycles. The Kier molecular flexibility index (Phi) is 5.69. The molecular formula is C23H22O3. The first-order valence-electron chi connectivity index (χ1n) is 8.64. The van der Waals surface area contributed by atoms with Gasteiger partial charge in [0.25, 0.3) is 0 Å². The summed E-state index contributed by atoms with van der Waals surface area (Å²) in [6.07, 6.45) is 1.42. The van der Waals surface area contributed by atoms with E-state index in [1.165, 1.54) is 12.7 Å². The van der Waals surface area contributed by atoms with Gasteiger partial charge in [0.2, 0.25) is 0 Å². The fraction of sp³-hybridized carbons (Fsp3) is 0.174. The van der Waals surface area contributed by atoms with Crippen LogP contribution in [0.4, 0.5) is 0 Å². The van der Waals surface area contributed by atoms with Crippen molar-refractivity contribution in [1.29, 1.82) is 0 Å². The van der Waals surface area contributed by atoms with E-state index in [9.17, 15) is 9.90 Å². The van der Waals surface area contributed by atoms with Crippen molar-refractivity contribution >= 4 is 5.97 Å². The van der Waals surface area contributed by atoms with Crippen molar-refractivity contribution < 1.29 is 14.6 Å². The Labute approximate surface area is 153 Å². The molecule has 0 aliphatic rings. The minimum atomic E-state index is -0.358. The smallest absolute Gasteiger partial charge is 0.310 e. The van der Waals surface area contributed by atoms with Crippen LogP contribution < -0.4 is 0 Å². The number of hydrogen-bond acceptors (Lipinski definition) is 3. The van der Waals surface area contributed by atoms with Gasteiger partial charge in [-0.1, -0.05) is 72.8 Å². The maximum atomic E-state index is 11.7. The van der Waals surface area contributed by atoms with Crippen LogP contribution in [0, 0.1) is 0 Å². The van der Waals surface area contributed by atoms with Crippen molar-refractivity contribution in [1.82, 2.24) is 0 Å². The molecule has 0 spiro atoms. The lowest BCUT2D eigenvalue weighted by Crippen LogP contribution is -2.06. The first-order valence-corrected chi connectivity index (χ1v) is 8.64. The number of rotatable bonds is 6. The standard InChI is InChI=1S/C23H22O3/c1-26-22(24)16-21-15-19(12-17-8-4-2-5-9-17)14-20(23(21)25)13-18-10-6-3-7-11-18/h2-11,14-15,25H,12-13,16H2,1H3. The van der Waals surface area contributed by atoms with Gasteiger partial charge < -0.3 is 9.84 Å². The number of benzene rings is 3. The lowest BCUT2D eigenvalue weighted by molar-refractivity contribution is -0.139. The molecule has 26 heavy (non-hydrogen) atoms. The molecule has 0 atom stereocenters. The summed E-state index contributed by atoms with van der Waals surface area (Å²) in [6, 6.07) is 24.1. The fourth-order valence-electron chi connectivity index (χ4n) is 3.08. The highest BCUT2D eigenvalue weighted by Crippen LogP contribution is 2.29. The van der Waals surface area contributed by atoms with E-state index < -0.39 is 0 Å². The van der Waals surface area contributed by atoms with E-state index in [-0.39, 0.29) is 18.1 Å². The summed E-state index contributed by atoms with van der Waals surface area (Å²) < 4.78 is 4.78.